The van der Waals surface area contributed by atoms with Crippen molar-refractivity contribution in [2.75, 3.05) is 41.1 Å². The Kier molecular flexibility index (Phi) is 15.3. The van der Waals surface area contributed by atoms with Crippen molar-refractivity contribution in [3.63, 3.8) is 0 Å². The number of hydrogen-bond donors (Lipinski definition) is 6. The van der Waals surface area contributed by atoms with Gasteiger partial charge >= 0.3 is 5.97 Å². The molecule has 5 atom stereocenters. The molecule has 0 aromatic heterocycles. The minimum atomic E-state index is -0.864. The van der Waals surface area contributed by atoms with Crippen molar-refractivity contribution >= 4 is 54.8 Å². The van der Waals surface area contributed by atoms with Crippen LogP contribution in [0.15, 0.2) is 0 Å². The molecule has 0 amide bonds. The molecule has 0 saturated carbocycles. The third kappa shape index (κ3) is 11.3. The fraction of sp³-hybridized carbons (Fsp3) is 0.929. The van der Waals surface area contributed by atoms with E-state index < -0.39 is 24.4 Å². The first-order chi connectivity index (χ1) is 11.3. The zero-order valence-corrected chi connectivity index (χ0v) is 17.1. The Morgan fingerprint density at radius 2 is 1.42 bits per heavy atom. The van der Waals surface area contributed by atoms with Crippen LogP contribution in [-0.4, -0.2) is 91.9 Å². The van der Waals surface area contributed by atoms with E-state index in [4.69, 9.17) is 4.74 Å². The summed E-state index contributed by atoms with van der Waals surface area (Å²) in [7, 11) is 0. The van der Waals surface area contributed by atoms with Crippen molar-refractivity contribution in [3.8, 4) is 0 Å². The summed E-state index contributed by atoms with van der Waals surface area (Å²) in [6.07, 6.45) is -3.41. The average Bonchev–Trinajstić information content (AvgIpc) is 2.58. The number of rotatable bonds is 14. The molecule has 0 saturated heterocycles. The van der Waals surface area contributed by atoms with Gasteiger partial charge in [0.2, 0.25) is 0 Å². The summed E-state index contributed by atoms with van der Waals surface area (Å²) >= 11 is 10.6. The molecule has 0 fully saturated rings. The zero-order chi connectivity index (χ0) is 18.5. The second kappa shape index (κ2) is 14.8. The highest BCUT2D eigenvalue weighted by Crippen LogP contribution is 2.14. The first-order valence-corrected chi connectivity index (χ1v) is 11.2. The molecule has 4 N–H and O–H groups in total. The van der Waals surface area contributed by atoms with E-state index in [-0.39, 0.29) is 30.0 Å². The molecule has 0 aliphatic carbocycles. The average molecular weight is 421 g/mol. The van der Waals surface area contributed by atoms with E-state index in [2.05, 4.69) is 25.3 Å². The summed E-state index contributed by atoms with van der Waals surface area (Å²) in [6.45, 7) is 1.99. The van der Waals surface area contributed by atoms with E-state index in [1.165, 1.54) is 23.5 Å². The first-order valence-electron chi connectivity index (χ1n) is 7.59. The molecule has 144 valence electrons. The van der Waals surface area contributed by atoms with Gasteiger partial charge in [-0.1, -0.05) is 6.92 Å². The highest BCUT2D eigenvalue weighted by molar-refractivity contribution is 7.99. The smallest absolute Gasteiger partial charge is 0.309 e. The van der Waals surface area contributed by atoms with E-state index >= 15 is 0 Å². The van der Waals surface area contributed by atoms with Gasteiger partial charge < -0.3 is 25.2 Å². The summed E-state index contributed by atoms with van der Waals surface area (Å²) in [5, 5.41) is 37.9. The van der Waals surface area contributed by atoms with Gasteiger partial charge in [-0.2, -0.15) is 48.8 Å². The number of carbonyl (C=O) groups excluding carboxylic acids is 1. The number of thiol groups is 2. The highest BCUT2D eigenvalue weighted by Gasteiger charge is 2.18. The van der Waals surface area contributed by atoms with Crippen molar-refractivity contribution in [2.45, 2.75) is 31.3 Å². The fourth-order valence-electron chi connectivity index (χ4n) is 1.45. The molecular weight excluding hydrogens is 392 g/mol. The molecule has 0 radical (unpaired) electrons. The Balaban J connectivity index is 3.73. The van der Waals surface area contributed by atoms with Gasteiger partial charge in [-0.3, -0.25) is 4.79 Å². The summed E-state index contributed by atoms with van der Waals surface area (Å²) in [4.78, 5) is 11.8. The van der Waals surface area contributed by atoms with Gasteiger partial charge in [-0.15, -0.1) is 0 Å². The molecule has 0 aliphatic heterocycles. The third-order valence-corrected chi connectivity index (χ3v) is 6.18. The number of esters is 1. The highest BCUT2D eigenvalue weighted by atomic mass is 32.2. The quantitative estimate of drug-likeness (QED) is 0.132. The molecule has 0 bridgehead atoms. The molecule has 24 heavy (non-hydrogen) atoms. The maximum Gasteiger partial charge on any atom is 0.309 e. The van der Waals surface area contributed by atoms with Crippen molar-refractivity contribution < 1.29 is 30.0 Å². The van der Waals surface area contributed by atoms with Crippen LogP contribution in [0.25, 0.3) is 0 Å². The maximum absolute atomic E-state index is 11.8. The van der Waals surface area contributed by atoms with E-state index in [0.29, 0.717) is 23.0 Å². The minimum Gasteiger partial charge on any atom is -0.465 e. The monoisotopic (exact) mass is 420 g/mol. The van der Waals surface area contributed by atoms with Crippen LogP contribution in [0.1, 0.15) is 6.92 Å². The lowest BCUT2D eigenvalue weighted by molar-refractivity contribution is -0.146. The Morgan fingerprint density at radius 1 is 0.917 bits per heavy atom. The number of ether oxygens (including phenoxy) is 1. The molecule has 0 spiro atoms. The normalized spacial score (nSPS) is 17.8. The summed E-state index contributed by atoms with van der Waals surface area (Å²) in [5.74, 6) is 1.49. The van der Waals surface area contributed by atoms with Crippen molar-refractivity contribution in [3.05, 3.63) is 0 Å². The van der Waals surface area contributed by atoms with Crippen molar-refractivity contribution in [1.82, 2.24) is 0 Å². The fourth-order valence-corrected chi connectivity index (χ4v) is 3.85. The van der Waals surface area contributed by atoms with E-state index in [0.717, 1.165) is 0 Å². The van der Waals surface area contributed by atoms with Gasteiger partial charge in [-0.25, -0.2) is 0 Å². The number of carbonyl (C=O) groups is 1. The lowest BCUT2D eigenvalue weighted by Gasteiger charge is -2.17. The largest absolute Gasteiger partial charge is 0.465 e. The van der Waals surface area contributed by atoms with Crippen LogP contribution in [0.3, 0.4) is 0 Å². The topological polar surface area (TPSA) is 107 Å². The van der Waals surface area contributed by atoms with Gasteiger partial charge in [0.15, 0.2) is 0 Å². The van der Waals surface area contributed by atoms with Crippen LogP contribution in [0.2, 0.25) is 0 Å². The Morgan fingerprint density at radius 3 is 1.92 bits per heavy atom. The van der Waals surface area contributed by atoms with Crippen molar-refractivity contribution in [2.24, 2.45) is 5.92 Å². The first kappa shape index (κ1) is 24.7. The lowest BCUT2D eigenvalue weighted by atomic mass is 10.2. The Bertz CT molecular complexity index is 336. The summed E-state index contributed by atoms with van der Waals surface area (Å²) < 4.78 is 5.14. The number of aliphatic hydroxyl groups is 4. The Labute approximate surface area is 162 Å². The van der Waals surface area contributed by atoms with Crippen LogP contribution < -0.4 is 0 Å². The van der Waals surface area contributed by atoms with Crippen LogP contribution in [0.5, 0.6) is 0 Å². The van der Waals surface area contributed by atoms with E-state index in [9.17, 15) is 25.2 Å². The van der Waals surface area contributed by atoms with Gasteiger partial charge in [-0.05, 0) is 0 Å². The second-order valence-electron chi connectivity index (χ2n) is 5.32. The minimum absolute atomic E-state index is 0.191. The van der Waals surface area contributed by atoms with Gasteiger partial charge in [0.25, 0.3) is 0 Å². The summed E-state index contributed by atoms with van der Waals surface area (Å²) in [5.41, 5.74) is 0. The molecule has 0 aliphatic rings. The van der Waals surface area contributed by atoms with E-state index in [1.807, 2.05) is 0 Å². The van der Waals surface area contributed by atoms with Gasteiger partial charge in [0.1, 0.15) is 6.61 Å². The summed E-state index contributed by atoms with van der Waals surface area (Å²) in [6, 6.07) is 0. The number of hydrogen-bond acceptors (Lipinski definition) is 10. The molecule has 6 nitrogen and oxygen atoms in total. The predicted octanol–water partition coefficient (Wildman–Crippen LogP) is -0.0647. The van der Waals surface area contributed by atoms with Crippen LogP contribution in [-0.2, 0) is 9.53 Å². The molecule has 0 aromatic carbocycles. The molecule has 5 unspecified atom stereocenters. The molecule has 0 aromatic rings. The van der Waals surface area contributed by atoms with Gasteiger partial charge in [0, 0.05) is 34.5 Å². The SMILES string of the molecule is CC(CSCC(O)C(O)CS)C(=O)OCCSCC(O)C(O)CS. The number of aliphatic hydroxyl groups excluding tert-OH is 4. The van der Waals surface area contributed by atoms with E-state index in [1.54, 1.807) is 6.92 Å². The molecule has 0 heterocycles. The molecule has 10 heteroatoms. The standard InChI is InChI=1S/C14H28O6S4/c1-9(6-24-8-13(18)11(16)5-22)14(19)20-2-3-23-7-12(17)10(15)4-21/h9-13,15-18,21-22H,2-8H2,1H3. The zero-order valence-electron chi connectivity index (χ0n) is 13.7. The van der Waals surface area contributed by atoms with Gasteiger partial charge in [0.05, 0.1) is 30.3 Å². The van der Waals surface area contributed by atoms with Crippen LogP contribution in [0, 0.1) is 5.92 Å². The molecular formula is C14H28O6S4. The molecule has 0 rings (SSSR count). The number of thioether (sulfide) groups is 2. The second-order valence-corrected chi connectivity index (χ2v) is 8.27. The third-order valence-electron chi connectivity index (χ3n) is 3.08. The predicted molar refractivity (Wildman–Crippen MR) is 107 cm³/mol. The Hall–Kier alpha value is 0.710. The van der Waals surface area contributed by atoms with Crippen molar-refractivity contribution in [1.29, 1.82) is 0 Å². The van der Waals surface area contributed by atoms with Crippen LogP contribution in [0.4, 0.5) is 0 Å². The lowest BCUT2D eigenvalue weighted by Crippen LogP contribution is -2.30. The maximum atomic E-state index is 11.8. The van der Waals surface area contributed by atoms with Crippen LogP contribution >= 0.6 is 48.8 Å².